The quantitative estimate of drug-likeness (QED) is 0.512. The fourth-order valence-corrected chi connectivity index (χ4v) is 3.07. The zero-order valence-corrected chi connectivity index (χ0v) is 14.2. The van der Waals surface area contributed by atoms with Crippen molar-refractivity contribution in [1.82, 2.24) is 10.3 Å². The van der Waals surface area contributed by atoms with Crippen LogP contribution in [0.25, 0.3) is 17.0 Å². The van der Waals surface area contributed by atoms with Crippen LogP contribution in [0.4, 0.5) is 13.6 Å². The van der Waals surface area contributed by atoms with Crippen molar-refractivity contribution >= 4 is 40.0 Å². The molecule has 1 aliphatic rings. The normalized spacial score (nSPS) is 15.1. The zero-order valence-electron chi connectivity index (χ0n) is 13.4. The molecule has 132 valence electrons. The summed E-state index contributed by atoms with van der Waals surface area (Å²) in [6.07, 6.45) is 4.50. The third-order valence-corrected chi connectivity index (χ3v) is 4.43. The molecule has 1 aliphatic heterocycles. The molecule has 0 unspecified atom stereocenters. The van der Waals surface area contributed by atoms with Crippen molar-refractivity contribution in [1.29, 1.82) is 0 Å². The van der Waals surface area contributed by atoms with Gasteiger partial charge in [0.2, 0.25) is 0 Å². The lowest BCUT2D eigenvalue weighted by Gasteiger charge is -1.94. The number of aromatic nitrogens is 1. The van der Waals surface area contributed by atoms with Gasteiger partial charge in [0.25, 0.3) is 11.1 Å². The molecule has 1 aromatic carbocycles. The van der Waals surface area contributed by atoms with Gasteiger partial charge in [0, 0.05) is 29.4 Å². The van der Waals surface area contributed by atoms with Gasteiger partial charge in [-0.15, -0.1) is 0 Å². The first-order chi connectivity index (χ1) is 13.0. The maximum Gasteiger partial charge on any atom is 0.290 e. The van der Waals surface area contributed by atoms with Gasteiger partial charge in [-0.25, -0.2) is 8.78 Å². The molecule has 0 radical (unpaired) electrons. The Hall–Kier alpha value is -3.44. The van der Waals surface area contributed by atoms with E-state index in [2.05, 4.69) is 22.1 Å². The van der Waals surface area contributed by atoms with Crippen molar-refractivity contribution in [3.63, 3.8) is 0 Å². The van der Waals surface area contributed by atoms with E-state index in [4.69, 9.17) is 4.42 Å². The molecule has 0 bridgehead atoms. The van der Waals surface area contributed by atoms with E-state index in [1.165, 1.54) is 18.3 Å². The van der Waals surface area contributed by atoms with Crippen LogP contribution in [0.5, 0.6) is 0 Å². The number of benzene rings is 1. The number of furan rings is 1. The van der Waals surface area contributed by atoms with Crippen LogP contribution in [0.1, 0.15) is 16.9 Å². The predicted octanol–water partition coefficient (Wildman–Crippen LogP) is 3.83. The molecule has 1 saturated heterocycles. The van der Waals surface area contributed by atoms with Crippen LogP contribution in [0.15, 0.2) is 46.0 Å². The van der Waals surface area contributed by atoms with Gasteiger partial charge in [-0.3, -0.25) is 19.9 Å². The lowest BCUT2D eigenvalue weighted by atomic mass is 10.2. The number of amides is 2. The van der Waals surface area contributed by atoms with Crippen LogP contribution in [0.3, 0.4) is 0 Å². The van der Waals surface area contributed by atoms with E-state index >= 15 is 0 Å². The van der Waals surface area contributed by atoms with Crippen LogP contribution >= 0.6 is 11.8 Å². The highest BCUT2D eigenvalue weighted by molar-refractivity contribution is 8.18. The summed E-state index contributed by atoms with van der Waals surface area (Å²) < 4.78 is 32.0. The van der Waals surface area contributed by atoms with E-state index in [1.54, 1.807) is 12.3 Å². The topological polar surface area (TPSA) is 72.2 Å². The second kappa shape index (κ2) is 6.70. The summed E-state index contributed by atoms with van der Waals surface area (Å²) in [6, 6.07) is 5.03. The summed E-state index contributed by atoms with van der Waals surface area (Å²) in [4.78, 5) is 27.2. The number of thioether (sulfide) groups is 1. The van der Waals surface area contributed by atoms with Crippen LogP contribution < -0.4 is 5.32 Å². The number of hydrogen-bond acceptors (Lipinski definition) is 5. The number of fused-ring (bicyclic) bond motifs is 1. The Bertz CT molecular complexity index is 1200. The molecule has 3 aromatic rings. The van der Waals surface area contributed by atoms with Crippen molar-refractivity contribution in [2.24, 2.45) is 0 Å². The average molecular weight is 382 g/mol. The van der Waals surface area contributed by atoms with Crippen LogP contribution in [-0.4, -0.2) is 16.1 Å². The Balaban J connectivity index is 1.71. The highest BCUT2D eigenvalue weighted by Crippen LogP contribution is 2.28. The monoisotopic (exact) mass is 382 g/mol. The molecule has 3 heterocycles. The third kappa shape index (κ3) is 3.45. The summed E-state index contributed by atoms with van der Waals surface area (Å²) in [7, 11) is 0. The van der Waals surface area contributed by atoms with Gasteiger partial charge < -0.3 is 4.42 Å². The van der Waals surface area contributed by atoms with Gasteiger partial charge in [-0.1, -0.05) is 11.8 Å². The van der Waals surface area contributed by atoms with Gasteiger partial charge >= 0.3 is 0 Å². The Morgan fingerprint density at radius 2 is 1.96 bits per heavy atom. The molecule has 4 rings (SSSR count). The number of carbonyl (C=O) groups is 2. The van der Waals surface area contributed by atoms with Crippen LogP contribution in [-0.2, 0) is 4.79 Å². The first-order valence-corrected chi connectivity index (χ1v) is 8.41. The number of pyridine rings is 1. The fourth-order valence-electron chi connectivity index (χ4n) is 2.41. The number of nitrogens with one attached hydrogen (secondary N) is 1. The smallest absolute Gasteiger partial charge is 0.290 e. The van der Waals surface area contributed by atoms with E-state index in [0.29, 0.717) is 27.9 Å². The number of carbonyl (C=O) groups excluding carboxylic acids is 2. The second-order valence-corrected chi connectivity index (χ2v) is 6.50. The molecular formula is C19H8F2N2O3S. The molecule has 5 nitrogen and oxygen atoms in total. The molecule has 2 amide bonds. The largest absolute Gasteiger partial charge is 0.455 e. The molecule has 0 spiro atoms. The van der Waals surface area contributed by atoms with Crippen molar-refractivity contribution in [3.8, 4) is 11.8 Å². The first-order valence-electron chi connectivity index (χ1n) is 7.59. The highest BCUT2D eigenvalue weighted by atomic mass is 32.2. The predicted molar refractivity (Wildman–Crippen MR) is 95.5 cm³/mol. The molecule has 27 heavy (non-hydrogen) atoms. The molecule has 1 N–H and O–H groups in total. The summed E-state index contributed by atoms with van der Waals surface area (Å²) in [6.45, 7) is 0. The molecule has 0 atom stereocenters. The summed E-state index contributed by atoms with van der Waals surface area (Å²) in [5.41, 5.74) is 1.18. The number of hydrogen-bond donors (Lipinski definition) is 1. The van der Waals surface area contributed by atoms with E-state index in [1.807, 2.05) is 0 Å². The Labute approximate surface area is 155 Å². The van der Waals surface area contributed by atoms with Crippen molar-refractivity contribution < 1.29 is 22.8 Å². The van der Waals surface area contributed by atoms with Crippen LogP contribution in [0.2, 0.25) is 0 Å². The Morgan fingerprint density at radius 1 is 1.11 bits per heavy atom. The van der Waals surface area contributed by atoms with Crippen molar-refractivity contribution in [2.75, 3.05) is 0 Å². The SMILES string of the molecule is O=C1NC(=O)/C(=C/c2cc3cncc(C#Cc4ccc(F)c(F)c4)c3o2)S1. The van der Waals surface area contributed by atoms with E-state index in [-0.39, 0.29) is 4.91 Å². The molecular weight excluding hydrogens is 374 g/mol. The van der Waals surface area contributed by atoms with Gasteiger partial charge in [-0.05, 0) is 36.0 Å². The minimum Gasteiger partial charge on any atom is -0.455 e. The second-order valence-electron chi connectivity index (χ2n) is 5.49. The molecule has 8 heteroatoms. The minimum atomic E-state index is -0.980. The van der Waals surface area contributed by atoms with Crippen LogP contribution in [0, 0.1) is 23.5 Å². The van der Waals surface area contributed by atoms with Crippen molar-refractivity contribution in [2.45, 2.75) is 0 Å². The molecule has 0 saturated carbocycles. The first kappa shape index (κ1) is 17.0. The lowest BCUT2D eigenvalue weighted by Crippen LogP contribution is -2.17. The zero-order chi connectivity index (χ0) is 19.0. The third-order valence-electron chi connectivity index (χ3n) is 3.62. The summed E-state index contributed by atoms with van der Waals surface area (Å²) >= 11 is 0.784. The number of halogens is 2. The summed E-state index contributed by atoms with van der Waals surface area (Å²) in [5.74, 6) is 3.50. The van der Waals surface area contributed by atoms with Gasteiger partial charge in [-0.2, -0.15) is 0 Å². The maximum atomic E-state index is 13.3. The molecule has 0 aliphatic carbocycles. The Kier molecular flexibility index (Phi) is 4.22. The van der Waals surface area contributed by atoms with Gasteiger partial charge in [0.1, 0.15) is 5.76 Å². The van der Waals surface area contributed by atoms with E-state index in [9.17, 15) is 18.4 Å². The summed E-state index contributed by atoms with van der Waals surface area (Å²) in [5, 5.41) is 2.37. The minimum absolute atomic E-state index is 0.224. The number of imide groups is 1. The molecule has 2 aromatic heterocycles. The number of rotatable bonds is 1. The van der Waals surface area contributed by atoms with Gasteiger partial charge in [0.05, 0.1) is 10.5 Å². The van der Waals surface area contributed by atoms with Gasteiger partial charge in [0.15, 0.2) is 17.2 Å². The standard InChI is InChI=1S/C19H8F2N2O3S/c20-14-4-2-10(5-15(14)21)1-3-11-8-22-9-12-6-13(26-17(11)12)7-16-18(24)23-19(25)27-16/h2,4-9H,(H,23,24,25)/b16-7-. The van der Waals surface area contributed by atoms with E-state index in [0.717, 1.165) is 23.9 Å². The molecule has 1 fully saturated rings. The van der Waals surface area contributed by atoms with Crippen molar-refractivity contribution in [3.05, 3.63) is 70.1 Å². The fraction of sp³-hybridized carbons (Fsp3) is 0. The average Bonchev–Trinajstić information content (AvgIpc) is 3.18. The number of nitrogens with zero attached hydrogens (tertiary/aromatic N) is 1. The highest BCUT2D eigenvalue weighted by Gasteiger charge is 2.25. The lowest BCUT2D eigenvalue weighted by molar-refractivity contribution is -0.115. The van der Waals surface area contributed by atoms with E-state index < -0.39 is 22.8 Å². The Morgan fingerprint density at radius 3 is 2.70 bits per heavy atom. The maximum absolute atomic E-state index is 13.3.